The minimum atomic E-state index is 0.699. The second kappa shape index (κ2) is 5.87. The molecule has 0 amide bonds. The van der Waals surface area contributed by atoms with Gasteiger partial charge in [0.25, 0.3) is 0 Å². The summed E-state index contributed by atoms with van der Waals surface area (Å²) in [7, 11) is 0. The third-order valence-corrected chi connectivity index (χ3v) is 5.25. The zero-order chi connectivity index (χ0) is 13.2. The molecule has 0 radical (unpaired) electrons. The fraction of sp³-hybridized carbons (Fsp3) is 0.385. The zero-order valence-electron chi connectivity index (χ0n) is 10.2. The van der Waals surface area contributed by atoms with Crippen LogP contribution in [-0.2, 0) is 6.42 Å². The molecule has 3 nitrogen and oxygen atoms in total. The predicted octanol–water partition coefficient (Wildman–Crippen LogP) is 3.92. The highest BCUT2D eigenvalue weighted by molar-refractivity contribution is 9.10. The average molecular weight is 359 g/mol. The van der Waals surface area contributed by atoms with E-state index < -0.39 is 0 Å². The summed E-state index contributed by atoms with van der Waals surface area (Å²) >= 11 is 11.1. The summed E-state index contributed by atoms with van der Waals surface area (Å²) in [6.07, 6.45) is 3.58. The molecule has 0 bridgehead atoms. The predicted molar refractivity (Wildman–Crippen MR) is 82.8 cm³/mol. The lowest BCUT2D eigenvalue weighted by Gasteiger charge is -1.99. The zero-order valence-corrected chi connectivity index (χ0v) is 13.4. The molecular formula is C13H13BrClN3S. The van der Waals surface area contributed by atoms with Crippen molar-refractivity contribution >= 4 is 38.9 Å². The molecule has 0 aliphatic heterocycles. The topological polar surface area (TPSA) is 37.8 Å². The van der Waals surface area contributed by atoms with E-state index in [1.54, 1.807) is 11.3 Å². The van der Waals surface area contributed by atoms with E-state index in [0.717, 1.165) is 39.1 Å². The van der Waals surface area contributed by atoms with Crippen molar-refractivity contribution in [2.24, 2.45) is 0 Å². The van der Waals surface area contributed by atoms with Gasteiger partial charge in [-0.3, -0.25) is 0 Å². The van der Waals surface area contributed by atoms with Crippen LogP contribution in [0.5, 0.6) is 0 Å². The van der Waals surface area contributed by atoms with Gasteiger partial charge < -0.3 is 5.32 Å². The highest BCUT2D eigenvalue weighted by Gasteiger charge is 2.19. The molecule has 0 unspecified atom stereocenters. The Hall–Kier alpha value is -0.490. The van der Waals surface area contributed by atoms with E-state index in [1.807, 2.05) is 18.2 Å². The third-order valence-electron chi connectivity index (χ3n) is 2.98. The number of hydrogen-bond acceptors (Lipinski definition) is 4. The van der Waals surface area contributed by atoms with Gasteiger partial charge in [-0.05, 0) is 40.9 Å². The van der Waals surface area contributed by atoms with Crippen molar-refractivity contribution in [1.82, 2.24) is 15.5 Å². The van der Waals surface area contributed by atoms with E-state index in [-0.39, 0.29) is 0 Å². The Balaban J connectivity index is 1.67. The molecule has 1 aliphatic rings. The van der Waals surface area contributed by atoms with Crippen LogP contribution >= 0.6 is 38.9 Å². The van der Waals surface area contributed by atoms with Crippen LogP contribution < -0.4 is 5.32 Å². The molecule has 1 aromatic carbocycles. The van der Waals surface area contributed by atoms with Gasteiger partial charge in [0.05, 0.1) is 5.02 Å². The van der Waals surface area contributed by atoms with Gasteiger partial charge in [0.2, 0.25) is 0 Å². The summed E-state index contributed by atoms with van der Waals surface area (Å²) in [6, 6.07) is 6.60. The monoisotopic (exact) mass is 357 g/mol. The number of nitrogens with one attached hydrogen (secondary N) is 1. The molecule has 0 atom stereocenters. The van der Waals surface area contributed by atoms with Crippen LogP contribution in [-0.4, -0.2) is 22.8 Å². The number of rotatable bonds is 5. The van der Waals surface area contributed by atoms with Gasteiger partial charge in [0, 0.05) is 29.0 Å². The van der Waals surface area contributed by atoms with Gasteiger partial charge in [-0.2, -0.15) is 0 Å². The first-order valence-electron chi connectivity index (χ1n) is 6.23. The van der Waals surface area contributed by atoms with Gasteiger partial charge in [-0.1, -0.05) is 29.0 Å². The molecule has 1 N–H and O–H groups in total. The Kier molecular flexibility index (Phi) is 4.17. The summed E-state index contributed by atoms with van der Waals surface area (Å²) in [5, 5.41) is 14.7. The van der Waals surface area contributed by atoms with Crippen molar-refractivity contribution in [3.05, 3.63) is 32.7 Å². The molecule has 1 saturated carbocycles. The fourth-order valence-corrected chi connectivity index (χ4v) is 3.03. The van der Waals surface area contributed by atoms with E-state index in [0.29, 0.717) is 5.02 Å². The van der Waals surface area contributed by atoms with E-state index in [1.165, 1.54) is 12.8 Å². The summed E-state index contributed by atoms with van der Waals surface area (Å²) in [4.78, 5) is 0. The first-order valence-corrected chi connectivity index (χ1v) is 8.22. The molecule has 1 heterocycles. The molecule has 1 aliphatic carbocycles. The molecule has 1 aromatic heterocycles. The summed E-state index contributed by atoms with van der Waals surface area (Å²) < 4.78 is 0.899. The van der Waals surface area contributed by atoms with Gasteiger partial charge in [0.15, 0.2) is 0 Å². The molecule has 0 saturated heterocycles. The van der Waals surface area contributed by atoms with Crippen molar-refractivity contribution in [3.8, 4) is 10.6 Å². The normalized spacial score (nSPS) is 14.8. The molecule has 19 heavy (non-hydrogen) atoms. The lowest BCUT2D eigenvalue weighted by molar-refractivity contribution is 0.677. The molecular weight excluding hydrogens is 346 g/mol. The minimum absolute atomic E-state index is 0.699. The van der Waals surface area contributed by atoms with Crippen molar-refractivity contribution < 1.29 is 0 Å². The quantitative estimate of drug-likeness (QED) is 0.880. The smallest absolute Gasteiger partial charge is 0.147 e. The fourth-order valence-electron chi connectivity index (χ4n) is 1.77. The van der Waals surface area contributed by atoms with E-state index in [9.17, 15) is 0 Å². The van der Waals surface area contributed by atoms with Gasteiger partial charge >= 0.3 is 0 Å². The Morgan fingerprint density at radius 1 is 1.37 bits per heavy atom. The van der Waals surface area contributed by atoms with Crippen LogP contribution in [0.15, 0.2) is 22.7 Å². The minimum Gasteiger partial charge on any atom is -0.314 e. The Labute approximate surface area is 129 Å². The van der Waals surface area contributed by atoms with Crippen LogP contribution in [0.3, 0.4) is 0 Å². The average Bonchev–Trinajstić information content (AvgIpc) is 3.10. The van der Waals surface area contributed by atoms with Crippen LogP contribution in [0.2, 0.25) is 5.02 Å². The van der Waals surface area contributed by atoms with Crippen LogP contribution in [0.4, 0.5) is 0 Å². The Morgan fingerprint density at radius 2 is 2.21 bits per heavy atom. The molecule has 0 spiro atoms. The summed E-state index contributed by atoms with van der Waals surface area (Å²) in [5.74, 6) is 0. The SMILES string of the molecule is Clc1cc(-c2nnc(CCNC3CC3)s2)ccc1Br. The highest BCUT2D eigenvalue weighted by Crippen LogP contribution is 2.30. The van der Waals surface area contributed by atoms with E-state index in [2.05, 4.69) is 31.4 Å². The van der Waals surface area contributed by atoms with Crippen LogP contribution in [0.1, 0.15) is 17.8 Å². The van der Waals surface area contributed by atoms with Gasteiger partial charge in [-0.25, -0.2) is 0 Å². The lowest BCUT2D eigenvalue weighted by atomic mass is 10.2. The number of hydrogen-bond donors (Lipinski definition) is 1. The first kappa shape index (κ1) is 13.5. The number of halogens is 2. The highest BCUT2D eigenvalue weighted by atomic mass is 79.9. The standard InChI is InChI=1S/C13H13BrClN3S/c14-10-4-1-8(7-11(10)15)13-18-17-12(19-13)5-6-16-9-2-3-9/h1,4,7,9,16H,2-3,5-6H2. The molecule has 6 heteroatoms. The summed E-state index contributed by atoms with van der Waals surface area (Å²) in [6.45, 7) is 0.987. The second-order valence-electron chi connectivity index (χ2n) is 4.61. The van der Waals surface area contributed by atoms with Crippen LogP contribution in [0.25, 0.3) is 10.6 Å². The second-order valence-corrected chi connectivity index (χ2v) is 6.93. The number of benzene rings is 1. The largest absolute Gasteiger partial charge is 0.314 e. The molecule has 2 aromatic rings. The van der Waals surface area contributed by atoms with Crippen molar-refractivity contribution in [2.45, 2.75) is 25.3 Å². The number of nitrogens with zero attached hydrogens (tertiary/aromatic N) is 2. The van der Waals surface area contributed by atoms with Gasteiger partial charge in [0.1, 0.15) is 10.0 Å². The lowest BCUT2D eigenvalue weighted by Crippen LogP contribution is -2.19. The maximum Gasteiger partial charge on any atom is 0.147 e. The van der Waals surface area contributed by atoms with Gasteiger partial charge in [-0.15, -0.1) is 10.2 Å². The maximum atomic E-state index is 6.10. The third kappa shape index (κ3) is 3.54. The van der Waals surface area contributed by atoms with E-state index in [4.69, 9.17) is 11.6 Å². The van der Waals surface area contributed by atoms with Crippen LogP contribution in [0, 0.1) is 0 Å². The first-order chi connectivity index (χ1) is 9.22. The molecule has 100 valence electrons. The van der Waals surface area contributed by atoms with E-state index >= 15 is 0 Å². The maximum absolute atomic E-state index is 6.10. The van der Waals surface area contributed by atoms with Crippen molar-refractivity contribution in [1.29, 1.82) is 0 Å². The molecule has 3 rings (SSSR count). The van der Waals surface area contributed by atoms with Crippen molar-refractivity contribution in [2.75, 3.05) is 6.54 Å². The summed E-state index contributed by atoms with van der Waals surface area (Å²) in [5.41, 5.74) is 1.02. The van der Waals surface area contributed by atoms with Crippen molar-refractivity contribution in [3.63, 3.8) is 0 Å². The Morgan fingerprint density at radius 3 is 2.95 bits per heavy atom. The molecule has 1 fully saturated rings. The Bertz CT molecular complexity index is 583. The number of aromatic nitrogens is 2.